The topological polar surface area (TPSA) is 55.1 Å². The average molecular weight is 276 g/mol. The molecule has 3 N–H and O–H groups in total. The number of nitrogens with one attached hydrogen (secondary N) is 1. The number of benzene rings is 2. The molecule has 0 aliphatic heterocycles. The van der Waals surface area contributed by atoms with Crippen LogP contribution in [0, 0.1) is 11.6 Å². The van der Waals surface area contributed by atoms with Crippen molar-refractivity contribution in [1.29, 1.82) is 0 Å². The summed E-state index contributed by atoms with van der Waals surface area (Å²) >= 11 is 0. The average Bonchev–Trinajstić information content (AvgIpc) is 2.43. The molecule has 2 rings (SSSR count). The molecule has 0 spiro atoms. The van der Waals surface area contributed by atoms with Gasteiger partial charge in [-0.3, -0.25) is 10.1 Å². The zero-order chi connectivity index (χ0) is 14.5. The highest BCUT2D eigenvalue weighted by Gasteiger charge is 2.18. The molecule has 1 amide bonds. The maximum Gasteiger partial charge on any atom is 0.239 e. The van der Waals surface area contributed by atoms with Gasteiger partial charge in [-0.05, 0) is 23.3 Å². The highest BCUT2D eigenvalue weighted by atomic mass is 19.2. The first-order chi connectivity index (χ1) is 9.58. The van der Waals surface area contributed by atoms with E-state index in [4.69, 9.17) is 5.73 Å². The van der Waals surface area contributed by atoms with Crippen LogP contribution in [0.3, 0.4) is 0 Å². The summed E-state index contributed by atoms with van der Waals surface area (Å²) in [6, 6.07) is 11.8. The smallest absolute Gasteiger partial charge is 0.239 e. The van der Waals surface area contributed by atoms with Gasteiger partial charge in [0.25, 0.3) is 0 Å². The van der Waals surface area contributed by atoms with Crippen molar-refractivity contribution >= 4 is 5.91 Å². The molecule has 0 bridgehead atoms. The van der Waals surface area contributed by atoms with E-state index in [1.54, 1.807) is 0 Å². The molecule has 2 aromatic carbocycles. The van der Waals surface area contributed by atoms with E-state index in [0.717, 1.165) is 17.7 Å². The molecule has 0 saturated heterocycles. The van der Waals surface area contributed by atoms with Crippen LogP contribution >= 0.6 is 0 Å². The van der Waals surface area contributed by atoms with E-state index in [9.17, 15) is 13.6 Å². The SMILES string of the molecule is NC(=O)C(NCc1ccccc1)c1ccc(F)c(F)c1. The lowest BCUT2D eigenvalue weighted by atomic mass is 10.1. The second-order valence-corrected chi connectivity index (χ2v) is 4.38. The maximum absolute atomic E-state index is 13.2. The Balaban J connectivity index is 2.15. The van der Waals surface area contributed by atoms with Crippen molar-refractivity contribution in [3.63, 3.8) is 0 Å². The van der Waals surface area contributed by atoms with E-state index >= 15 is 0 Å². The molecule has 0 aliphatic rings. The number of nitrogens with two attached hydrogens (primary N) is 1. The van der Waals surface area contributed by atoms with E-state index in [1.165, 1.54) is 6.07 Å². The highest BCUT2D eigenvalue weighted by molar-refractivity contribution is 5.81. The first-order valence-corrected chi connectivity index (χ1v) is 6.09. The molecule has 1 unspecified atom stereocenters. The summed E-state index contributed by atoms with van der Waals surface area (Å²) in [6.45, 7) is 0.396. The van der Waals surface area contributed by atoms with Gasteiger partial charge >= 0.3 is 0 Å². The predicted molar refractivity (Wildman–Crippen MR) is 71.6 cm³/mol. The molecule has 0 saturated carbocycles. The molecular weight excluding hydrogens is 262 g/mol. The van der Waals surface area contributed by atoms with Crippen LogP contribution in [0.4, 0.5) is 8.78 Å². The number of rotatable bonds is 5. The van der Waals surface area contributed by atoms with Crippen LogP contribution in [0.1, 0.15) is 17.2 Å². The van der Waals surface area contributed by atoms with Crippen molar-refractivity contribution in [3.05, 3.63) is 71.3 Å². The molecule has 0 fully saturated rings. The predicted octanol–water partition coefficient (Wildman–Crippen LogP) is 2.28. The van der Waals surface area contributed by atoms with Gasteiger partial charge in [0, 0.05) is 6.54 Å². The van der Waals surface area contributed by atoms with Crippen LogP contribution in [0.25, 0.3) is 0 Å². The van der Waals surface area contributed by atoms with Gasteiger partial charge in [0.1, 0.15) is 6.04 Å². The van der Waals surface area contributed by atoms with Gasteiger partial charge in [0.15, 0.2) is 11.6 Å². The second-order valence-electron chi connectivity index (χ2n) is 4.38. The number of halogens is 2. The fourth-order valence-electron chi connectivity index (χ4n) is 1.89. The number of carbonyl (C=O) groups excluding carboxylic acids is 1. The van der Waals surface area contributed by atoms with Crippen molar-refractivity contribution in [2.45, 2.75) is 12.6 Å². The lowest BCUT2D eigenvalue weighted by molar-refractivity contribution is -0.120. The van der Waals surface area contributed by atoms with Crippen molar-refractivity contribution in [3.8, 4) is 0 Å². The monoisotopic (exact) mass is 276 g/mol. The summed E-state index contributed by atoms with van der Waals surface area (Å²) in [5.41, 5.74) is 6.56. The van der Waals surface area contributed by atoms with Crippen molar-refractivity contribution < 1.29 is 13.6 Å². The minimum Gasteiger partial charge on any atom is -0.368 e. The number of hydrogen-bond acceptors (Lipinski definition) is 2. The van der Waals surface area contributed by atoms with Gasteiger partial charge in [0.2, 0.25) is 5.91 Å². The minimum absolute atomic E-state index is 0.298. The third kappa shape index (κ3) is 3.39. The minimum atomic E-state index is -1.00. The molecule has 2 aromatic rings. The van der Waals surface area contributed by atoms with E-state index in [0.29, 0.717) is 12.1 Å². The zero-order valence-electron chi connectivity index (χ0n) is 10.6. The third-order valence-corrected chi connectivity index (χ3v) is 2.91. The van der Waals surface area contributed by atoms with Crippen LogP contribution in [0.15, 0.2) is 48.5 Å². The van der Waals surface area contributed by atoms with Gasteiger partial charge in [-0.2, -0.15) is 0 Å². The Bertz CT molecular complexity index is 602. The fraction of sp³-hybridized carbons (Fsp3) is 0.133. The summed E-state index contributed by atoms with van der Waals surface area (Å²) < 4.78 is 26.1. The Morgan fingerprint density at radius 3 is 2.40 bits per heavy atom. The lowest BCUT2D eigenvalue weighted by Gasteiger charge is -2.16. The molecule has 104 valence electrons. The third-order valence-electron chi connectivity index (χ3n) is 2.91. The molecule has 0 radical (unpaired) electrons. The van der Waals surface area contributed by atoms with Gasteiger partial charge in [-0.15, -0.1) is 0 Å². The second kappa shape index (κ2) is 6.25. The van der Waals surface area contributed by atoms with Crippen molar-refractivity contribution in [2.24, 2.45) is 5.73 Å². The van der Waals surface area contributed by atoms with Gasteiger partial charge < -0.3 is 5.73 Å². The van der Waals surface area contributed by atoms with Gasteiger partial charge in [-0.1, -0.05) is 36.4 Å². The Labute approximate surface area is 115 Å². The Morgan fingerprint density at radius 2 is 1.80 bits per heavy atom. The van der Waals surface area contributed by atoms with Crippen LogP contribution in [0.2, 0.25) is 0 Å². The summed E-state index contributed by atoms with van der Waals surface area (Å²) in [6.07, 6.45) is 0. The normalized spacial score (nSPS) is 12.1. The summed E-state index contributed by atoms with van der Waals surface area (Å²) in [4.78, 5) is 11.5. The molecule has 3 nitrogen and oxygen atoms in total. The maximum atomic E-state index is 13.2. The molecule has 1 atom stereocenters. The van der Waals surface area contributed by atoms with Crippen LogP contribution < -0.4 is 11.1 Å². The molecule has 5 heteroatoms. The Morgan fingerprint density at radius 1 is 1.10 bits per heavy atom. The van der Waals surface area contributed by atoms with Crippen molar-refractivity contribution in [2.75, 3.05) is 0 Å². The zero-order valence-corrected chi connectivity index (χ0v) is 10.6. The van der Waals surface area contributed by atoms with Crippen LogP contribution in [-0.4, -0.2) is 5.91 Å². The van der Waals surface area contributed by atoms with E-state index in [2.05, 4.69) is 5.32 Å². The summed E-state index contributed by atoms with van der Waals surface area (Å²) in [5, 5.41) is 2.93. The first kappa shape index (κ1) is 14.1. The highest BCUT2D eigenvalue weighted by Crippen LogP contribution is 2.17. The summed E-state index contributed by atoms with van der Waals surface area (Å²) in [7, 11) is 0. The standard InChI is InChI=1S/C15H14F2N2O/c16-12-7-6-11(8-13(12)17)14(15(18)20)19-9-10-4-2-1-3-5-10/h1-8,14,19H,9H2,(H2,18,20). The molecule has 0 heterocycles. The number of carbonyl (C=O) groups is 1. The first-order valence-electron chi connectivity index (χ1n) is 6.09. The molecule has 0 aromatic heterocycles. The van der Waals surface area contributed by atoms with Gasteiger partial charge in [0.05, 0.1) is 0 Å². The molecule has 0 aliphatic carbocycles. The van der Waals surface area contributed by atoms with Gasteiger partial charge in [-0.25, -0.2) is 8.78 Å². The van der Waals surface area contributed by atoms with Crippen LogP contribution in [-0.2, 0) is 11.3 Å². The number of hydrogen-bond donors (Lipinski definition) is 2. The number of primary amides is 1. The molecule has 20 heavy (non-hydrogen) atoms. The van der Waals surface area contributed by atoms with Crippen LogP contribution in [0.5, 0.6) is 0 Å². The number of amides is 1. The lowest BCUT2D eigenvalue weighted by Crippen LogP contribution is -2.33. The molecular formula is C15H14F2N2O. The summed E-state index contributed by atoms with van der Waals surface area (Å²) in [5.74, 6) is -2.61. The fourth-order valence-corrected chi connectivity index (χ4v) is 1.89. The Kier molecular flexibility index (Phi) is 4.42. The Hall–Kier alpha value is -2.27. The van der Waals surface area contributed by atoms with Crippen molar-refractivity contribution in [1.82, 2.24) is 5.32 Å². The largest absolute Gasteiger partial charge is 0.368 e. The van der Waals surface area contributed by atoms with E-state index in [-0.39, 0.29) is 0 Å². The van der Waals surface area contributed by atoms with E-state index < -0.39 is 23.6 Å². The van der Waals surface area contributed by atoms with E-state index in [1.807, 2.05) is 30.3 Å². The quantitative estimate of drug-likeness (QED) is 0.880.